The van der Waals surface area contributed by atoms with Crippen molar-refractivity contribution in [3.05, 3.63) is 92.9 Å². The molecule has 0 saturated carbocycles. The number of hydrogen-bond donors (Lipinski definition) is 0. The summed E-state index contributed by atoms with van der Waals surface area (Å²) in [4.78, 5) is 29.8. The summed E-state index contributed by atoms with van der Waals surface area (Å²) in [7, 11) is 1.94. The zero-order valence-electron chi connectivity index (χ0n) is 20.7. The van der Waals surface area contributed by atoms with Crippen LogP contribution in [0.5, 0.6) is 0 Å². The Bertz CT molecular complexity index is 1920. The van der Waals surface area contributed by atoms with Gasteiger partial charge in [0.05, 0.1) is 27.0 Å². The van der Waals surface area contributed by atoms with Crippen LogP contribution in [0.4, 0.5) is 5.69 Å². The quantitative estimate of drug-likeness (QED) is 0.225. The molecule has 184 valence electrons. The van der Waals surface area contributed by atoms with Crippen molar-refractivity contribution in [1.82, 2.24) is 19.3 Å². The van der Waals surface area contributed by atoms with Gasteiger partial charge in [-0.05, 0) is 36.4 Å². The Kier molecular flexibility index (Phi) is 4.81. The van der Waals surface area contributed by atoms with Crippen molar-refractivity contribution in [3.63, 3.8) is 0 Å². The number of nitro groups is 1. The molecule has 0 atom stereocenters. The SMILES string of the molecule is Cn1c2ccccc2c2c1cc(-c1noc3ccc(C(C)(C)C)nc13)c(=O)n2-c1ccc([N+](=O)[O-])cc1. The molecule has 0 fully saturated rings. The molecule has 0 aliphatic rings. The first-order valence-electron chi connectivity index (χ1n) is 11.8. The number of aryl methyl sites for hydroxylation is 1. The van der Waals surface area contributed by atoms with Crippen molar-refractivity contribution in [2.45, 2.75) is 26.2 Å². The minimum atomic E-state index is -0.462. The lowest BCUT2D eigenvalue weighted by Crippen LogP contribution is -2.21. The van der Waals surface area contributed by atoms with E-state index in [9.17, 15) is 14.9 Å². The van der Waals surface area contributed by atoms with Gasteiger partial charge in [-0.3, -0.25) is 19.5 Å². The lowest BCUT2D eigenvalue weighted by Gasteiger charge is -2.17. The molecule has 4 heterocycles. The maximum Gasteiger partial charge on any atom is 0.269 e. The molecule has 0 aliphatic carbocycles. The summed E-state index contributed by atoms with van der Waals surface area (Å²) >= 11 is 0. The molecular weight excluding hydrogens is 470 g/mol. The number of pyridine rings is 2. The topological polar surface area (TPSA) is 109 Å². The van der Waals surface area contributed by atoms with E-state index in [4.69, 9.17) is 9.51 Å². The van der Waals surface area contributed by atoms with Gasteiger partial charge in [-0.15, -0.1) is 0 Å². The fourth-order valence-corrected chi connectivity index (χ4v) is 4.78. The van der Waals surface area contributed by atoms with Gasteiger partial charge in [0.2, 0.25) is 0 Å². The van der Waals surface area contributed by atoms with Crippen LogP contribution in [-0.4, -0.2) is 24.2 Å². The van der Waals surface area contributed by atoms with Gasteiger partial charge in [0.25, 0.3) is 11.2 Å². The average Bonchev–Trinajstić information content (AvgIpc) is 3.42. The number of aromatic nitrogens is 4. The average molecular weight is 494 g/mol. The van der Waals surface area contributed by atoms with Crippen LogP contribution in [0.2, 0.25) is 0 Å². The minimum Gasteiger partial charge on any atom is -0.354 e. The molecule has 37 heavy (non-hydrogen) atoms. The van der Waals surface area contributed by atoms with E-state index in [-0.39, 0.29) is 16.7 Å². The maximum absolute atomic E-state index is 14.2. The van der Waals surface area contributed by atoms with Gasteiger partial charge in [-0.25, -0.2) is 4.98 Å². The van der Waals surface area contributed by atoms with Crippen LogP contribution >= 0.6 is 0 Å². The second-order valence-corrected chi connectivity index (χ2v) is 10.1. The van der Waals surface area contributed by atoms with E-state index in [0.29, 0.717) is 33.6 Å². The molecular formula is C28H23N5O4. The summed E-state index contributed by atoms with van der Waals surface area (Å²) in [5, 5.41) is 16.4. The summed E-state index contributed by atoms with van der Waals surface area (Å²) in [6.07, 6.45) is 0. The molecule has 6 aromatic rings. The van der Waals surface area contributed by atoms with Gasteiger partial charge in [0, 0.05) is 41.4 Å². The summed E-state index contributed by atoms with van der Waals surface area (Å²) in [5.41, 5.74) is 4.92. The van der Waals surface area contributed by atoms with Gasteiger partial charge >= 0.3 is 0 Å². The number of benzene rings is 2. The Balaban J connectivity index is 1.73. The first-order chi connectivity index (χ1) is 17.6. The number of nitrogens with zero attached hydrogens (tertiary/aromatic N) is 5. The first kappa shape index (κ1) is 22.7. The summed E-state index contributed by atoms with van der Waals surface area (Å²) < 4.78 is 9.18. The van der Waals surface area contributed by atoms with Crippen LogP contribution in [0.15, 0.2) is 76.0 Å². The third-order valence-corrected chi connectivity index (χ3v) is 6.72. The number of fused-ring (bicyclic) bond motifs is 4. The largest absolute Gasteiger partial charge is 0.354 e. The molecule has 0 radical (unpaired) electrons. The van der Waals surface area contributed by atoms with Crippen LogP contribution in [0.1, 0.15) is 26.5 Å². The Labute approximate surface area is 210 Å². The molecule has 0 saturated heterocycles. The fourth-order valence-electron chi connectivity index (χ4n) is 4.78. The van der Waals surface area contributed by atoms with Crippen molar-refractivity contribution in [1.29, 1.82) is 0 Å². The number of para-hydroxylation sites is 1. The highest BCUT2D eigenvalue weighted by Gasteiger charge is 2.24. The lowest BCUT2D eigenvalue weighted by molar-refractivity contribution is -0.384. The number of non-ortho nitro benzene ring substituents is 1. The zero-order chi connectivity index (χ0) is 26.1. The molecule has 2 aromatic carbocycles. The van der Waals surface area contributed by atoms with E-state index in [0.717, 1.165) is 22.1 Å². The molecule has 6 rings (SSSR count). The highest BCUT2D eigenvalue weighted by Crippen LogP contribution is 2.34. The van der Waals surface area contributed by atoms with E-state index in [1.54, 1.807) is 16.7 Å². The number of rotatable bonds is 3. The Morgan fingerprint density at radius 3 is 2.41 bits per heavy atom. The summed E-state index contributed by atoms with van der Waals surface area (Å²) in [6.45, 7) is 6.20. The normalized spacial score (nSPS) is 12.1. The Hall–Kier alpha value is -4.79. The Morgan fingerprint density at radius 1 is 0.973 bits per heavy atom. The van der Waals surface area contributed by atoms with Crippen LogP contribution in [-0.2, 0) is 12.5 Å². The van der Waals surface area contributed by atoms with E-state index in [2.05, 4.69) is 25.9 Å². The predicted octanol–water partition coefficient (Wildman–Crippen LogP) is 5.89. The standard InChI is InChI=1S/C28H23N5O4/c1-28(2,3)23-14-13-22-25(29-23)24(30-37-22)19-15-21-26(18-7-5-6-8-20(18)31(21)4)32(27(19)34)16-9-11-17(12-10-16)33(35)36/h5-15H,1-4H3. The van der Waals surface area contributed by atoms with Crippen molar-refractivity contribution in [2.75, 3.05) is 0 Å². The molecule has 0 N–H and O–H groups in total. The van der Waals surface area contributed by atoms with E-state index in [1.165, 1.54) is 12.1 Å². The molecule has 0 spiro atoms. The van der Waals surface area contributed by atoms with Crippen molar-refractivity contribution in [3.8, 4) is 16.9 Å². The molecule has 0 amide bonds. The second kappa shape index (κ2) is 7.86. The number of nitro benzene ring substituents is 1. The van der Waals surface area contributed by atoms with Crippen molar-refractivity contribution in [2.24, 2.45) is 7.05 Å². The van der Waals surface area contributed by atoms with E-state index < -0.39 is 4.92 Å². The first-order valence-corrected chi connectivity index (χ1v) is 11.8. The van der Waals surface area contributed by atoms with Gasteiger partial charge in [0.15, 0.2) is 5.58 Å². The van der Waals surface area contributed by atoms with Gasteiger partial charge in [0.1, 0.15) is 11.2 Å². The van der Waals surface area contributed by atoms with Crippen molar-refractivity contribution >= 4 is 38.7 Å². The van der Waals surface area contributed by atoms with E-state index >= 15 is 0 Å². The van der Waals surface area contributed by atoms with Gasteiger partial charge in [-0.1, -0.05) is 44.1 Å². The Morgan fingerprint density at radius 2 is 1.70 bits per heavy atom. The zero-order valence-corrected chi connectivity index (χ0v) is 20.7. The lowest BCUT2D eigenvalue weighted by atomic mass is 9.91. The fraction of sp³-hybridized carbons (Fsp3) is 0.179. The third kappa shape index (κ3) is 3.42. The smallest absolute Gasteiger partial charge is 0.269 e. The number of hydrogen-bond acceptors (Lipinski definition) is 6. The third-order valence-electron chi connectivity index (χ3n) is 6.72. The summed E-state index contributed by atoms with van der Waals surface area (Å²) in [6, 6.07) is 19.3. The molecule has 0 aliphatic heterocycles. The van der Waals surface area contributed by atoms with Gasteiger partial charge in [-0.2, -0.15) is 0 Å². The van der Waals surface area contributed by atoms with E-state index in [1.807, 2.05) is 54.1 Å². The molecule has 0 bridgehead atoms. The highest BCUT2D eigenvalue weighted by atomic mass is 16.6. The maximum atomic E-state index is 14.2. The van der Waals surface area contributed by atoms with Crippen LogP contribution in [0, 0.1) is 10.1 Å². The van der Waals surface area contributed by atoms with Crippen LogP contribution in [0.3, 0.4) is 0 Å². The van der Waals surface area contributed by atoms with Crippen molar-refractivity contribution < 1.29 is 9.45 Å². The molecule has 9 heteroatoms. The second-order valence-electron chi connectivity index (χ2n) is 10.1. The van der Waals surface area contributed by atoms with Gasteiger partial charge < -0.3 is 9.09 Å². The molecule has 9 nitrogen and oxygen atoms in total. The van der Waals surface area contributed by atoms with Crippen LogP contribution in [0.25, 0.3) is 50.0 Å². The summed E-state index contributed by atoms with van der Waals surface area (Å²) in [5.74, 6) is 0. The molecule has 4 aromatic heterocycles. The minimum absolute atomic E-state index is 0.0523. The monoisotopic (exact) mass is 493 g/mol. The molecule has 0 unspecified atom stereocenters. The highest BCUT2D eigenvalue weighted by molar-refractivity contribution is 6.08. The van der Waals surface area contributed by atoms with Crippen LogP contribution < -0.4 is 5.56 Å². The predicted molar refractivity (Wildman–Crippen MR) is 142 cm³/mol.